The van der Waals surface area contributed by atoms with Crippen LogP contribution in [0.5, 0.6) is 0 Å². The summed E-state index contributed by atoms with van der Waals surface area (Å²) in [7, 11) is -3.71. The number of aromatic amines is 1. The summed E-state index contributed by atoms with van der Waals surface area (Å²) in [5.74, 6) is 1.18. The fourth-order valence-corrected chi connectivity index (χ4v) is 3.89. The van der Waals surface area contributed by atoms with Gasteiger partial charge in [0.25, 0.3) is 10.0 Å². The van der Waals surface area contributed by atoms with Crippen molar-refractivity contribution in [1.82, 2.24) is 19.7 Å². The lowest BCUT2D eigenvalue weighted by Gasteiger charge is -2.20. The van der Waals surface area contributed by atoms with Crippen LogP contribution in [-0.2, 0) is 22.9 Å². The van der Waals surface area contributed by atoms with Crippen molar-refractivity contribution in [3.8, 4) is 0 Å². The Morgan fingerprint density at radius 2 is 2.27 bits per heavy atom. The van der Waals surface area contributed by atoms with E-state index in [1.165, 1.54) is 0 Å². The zero-order valence-electron chi connectivity index (χ0n) is 13.0. The van der Waals surface area contributed by atoms with Crippen LogP contribution in [0.15, 0.2) is 11.2 Å². The minimum Gasteiger partial charge on any atom is -0.331 e. The predicted octanol–water partition coefficient (Wildman–Crippen LogP) is 2.18. The average molecular weight is 323 g/mol. The lowest BCUT2D eigenvalue weighted by atomic mass is 10.1. The minimum absolute atomic E-state index is 0.0664. The molecule has 8 heteroatoms. The lowest BCUT2D eigenvalue weighted by Crippen LogP contribution is -2.14. The molecule has 7 nitrogen and oxygen atoms in total. The first-order valence-electron chi connectivity index (χ1n) is 7.56. The molecule has 0 amide bonds. The molecule has 0 saturated heterocycles. The topological polar surface area (TPSA) is 92.7 Å². The zero-order valence-corrected chi connectivity index (χ0v) is 13.9. The molecule has 0 aliphatic carbocycles. The Kier molecular flexibility index (Phi) is 3.72. The third kappa shape index (κ3) is 2.51. The van der Waals surface area contributed by atoms with Gasteiger partial charge in [-0.25, -0.2) is 4.98 Å². The average Bonchev–Trinajstić information content (AvgIpc) is 3.05. The molecule has 2 N–H and O–H groups in total. The SMILES string of the molecule is CCc1[nH]nc(NS(=O)(=O)c2cn3c(n2)CCCC3C)c1C. The van der Waals surface area contributed by atoms with Crippen molar-refractivity contribution in [1.29, 1.82) is 0 Å². The van der Waals surface area contributed by atoms with E-state index >= 15 is 0 Å². The highest BCUT2D eigenvalue weighted by Crippen LogP contribution is 2.26. The van der Waals surface area contributed by atoms with Gasteiger partial charge in [0, 0.05) is 29.9 Å². The van der Waals surface area contributed by atoms with Gasteiger partial charge < -0.3 is 4.57 Å². The van der Waals surface area contributed by atoms with Crippen molar-refractivity contribution in [3.05, 3.63) is 23.3 Å². The summed E-state index contributed by atoms with van der Waals surface area (Å²) in [5.41, 5.74) is 1.75. The molecule has 0 fully saturated rings. The molecule has 1 aliphatic heterocycles. The summed E-state index contributed by atoms with van der Waals surface area (Å²) in [6, 6.07) is 0.291. The number of aromatic nitrogens is 4. The molecule has 1 unspecified atom stereocenters. The summed E-state index contributed by atoms with van der Waals surface area (Å²) in [6.45, 7) is 5.92. The monoisotopic (exact) mass is 323 g/mol. The maximum atomic E-state index is 12.5. The molecular formula is C14H21N5O2S. The molecular weight excluding hydrogens is 302 g/mol. The first-order chi connectivity index (χ1) is 10.4. The van der Waals surface area contributed by atoms with E-state index in [0.717, 1.165) is 42.8 Å². The van der Waals surface area contributed by atoms with Crippen LogP contribution in [0.2, 0.25) is 0 Å². The van der Waals surface area contributed by atoms with E-state index in [4.69, 9.17) is 0 Å². The smallest absolute Gasteiger partial charge is 0.282 e. The largest absolute Gasteiger partial charge is 0.331 e. The van der Waals surface area contributed by atoms with Crippen molar-refractivity contribution in [3.63, 3.8) is 0 Å². The molecule has 0 radical (unpaired) electrons. The highest BCUT2D eigenvalue weighted by molar-refractivity contribution is 7.92. The van der Waals surface area contributed by atoms with Crippen LogP contribution in [0.25, 0.3) is 0 Å². The summed E-state index contributed by atoms with van der Waals surface area (Å²) < 4.78 is 29.6. The second-order valence-corrected chi connectivity index (χ2v) is 7.41. The zero-order chi connectivity index (χ0) is 15.9. The van der Waals surface area contributed by atoms with E-state index in [0.29, 0.717) is 11.9 Å². The van der Waals surface area contributed by atoms with Crippen LogP contribution in [-0.4, -0.2) is 28.2 Å². The van der Waals surface area contributed by atoms with Crippen LogP contribution < -0.4 is 4.72 Å². The van der Waals surface area contributed by atoms with Crippen LogP contribution >= 0.6 is 0 Å². The van der Waals surface area contributed by atoms with Crippen molar-refractivity contribution < 1.29 is 8.42 Å². The number of H-pyrrole nitrogens is 1. The Labute approximate surface area is 130 Å². The number of nitrogens with one attached hydrogen (secondary N) is 2. The van der Waals surface area contributed by atoms with Gasteiger partial charge in [-0.1, -0.05) is 6.92 Å². The number of rotatable bonds is 4. The van der Waals surface area contributed by atoms with Gasteiger partial charge >= 0.3 is 0 Å². The first kappa shape index (κ1) is 15.1. The van der Waals surface area contributed by atoms with Crippen LogP contribution in [0.3, 0.4) is 0 Å². The number of sulfonamides is 1. The second kappa shape index (κ2) is 5.42. The van der Waals surface area contributed by atoms with Crippen LogP contribution in [0, 0.1) is 6.92 Å². The van der Waals surface area contributed by atoms with Gasteiger partial charge in [0.2, 0.25) is 0 Å². The number of anilines is 1. The van der Waals surface area contributed by atoms with Crippen molar-refractivity contribution in [2.75, 3.05) is 4.72 Å². The minimum atomic E-state index is -3.71. The Morgan fingerprint density at radius 3 is 2.91 bits per heavy atom. The summed E-state index contributed by atoms with van der Waals surface area (Å²) in [6.07, 6.45) is 5.32. The number of fused-ring (bicyclic) bond motifs is 1. The Morgan fingerprint density at radius 1 is 1.50 bits per heavy atom. The van der Waals surface area contributed by atoms with Gasteiger partial charge in [0.1, 0.15) is 5.82 Å². The number of hydrogen-bond donors (Lipinski definition) is 2. The Balaban J connectivity index is 1.91. The Hall–Kier alpha value is -1.83. The first-order valence-corrected chi connectivity index (χ1v) is 9.05. The normalized spacial score (nSPS) is 18.2. The molecule has 0 spiro atoms. The quantitative estimate of drug-likeness (QED) is 0.902. The third-order valence-corrected chi connectivity index (χ3v) is 5.46. The standard InChI is InChI=1S/C14H21N5O2S/c1-4-11-10(3)14(17-16-11)18-22(20,21)13-8-19-9(2)6-5-7-12(19)15-13/h8-9H,4-7H2,1-3H3,(H2,16,17,18). The van der Waals surface area contributed by atoms with E-state index in [-0.39, 0.29) is 5.03 Å². The molecule has 0 bridgehead atoms. The van der Waals surface area contributed by atoms with Crippen molar-refractivity contribution >= 4 is 15.8 Å². The number of aryl methyl sites for hydroxylation is 2. The third-order valence-electron chi connectivity index (χ3n) is 4.25. The van der Waals surface area contributed by atoms with Gasteiger partial charge in [-0.2, -0.15) is 13.5 Å². The summed E-state index contributed by atoms with van der Waals surface area (Å²) in [4.78, 5) is 4.30. The molecule has 0 saturated carbocycles. The number of imidazole rings is 1. The molecule has 3 rings (SSSR count). The van der Waals surface area contributed by atoms with Gasteiger partial charge in [0.15, 0.2) is 10.8 Å². The molecule has 2 aromatic rings. The van der Waals surface area contributed by atoms with Crippen molar-refractivity contribution in [2.45, 2.75) is 57.5 Å². The molecule has 2 aromatic heterocycles. The van der Waals surface area contributed by atoms with Gasteiger partial charge in [0.05, 0.1) is 0 Å². The molecule has 22 heavy (non-hydrogen) atoms. The fourth-order valence-electron chi connectivity index (χ4n) is 2.86. The van der Waals surface area contributed by atoms with E-state index in [1.54, 1.807) is 6.20 Å². The molecule has 1 atom stereocenters. The Bertz CT molecular complexity index is 790. The van der Waals surface area contributed by atoms with Crippen LogP contribution in [0.1, 0.15) is 49.8 Å². The fraction of sp³-hybridized carbons (Fsp3) is 0.571. The lowest BCUT2D eigenvalue weighted by molar-refractivity contribution is 0.425. The van der Waals surface area contributed by atoms with Crippen LogP contribution in [0.4, 0.5) is 5.82 Å². The summed E-state index contributed by atoms with van der Waals surface area (Å²) in [5, 5.41) is 6.96. The molecule has 1 aliphatic rings. The van der Waals surface area contributed by atoms with Gasteiger partial charge in [-0.05, 0) is 33.1 Å². The molecule has 120 valence electrons. The van der Waals surface area contributed by atoms with Gasteiger partial charge in [-0.15, -0.1) is 0 Å². The summed E-state index contributed by atoms with van der Waals surface area (Å²) >= 11 is 0. The van der Waals surface area contributed by atoms with E-state index in [2.05, 4.69) is 26.8 Å². The van der Waals surface area contributed by atoms with Gasteiger partial charge in [-0.3, -0.25) is 9.82 Å². The second-order valence-electron chi connectivity index (χ2n) is 5.78. The van der Waals surface area contributed by atoms with Crippen molar-refractivity contribution in [2.24, 2.45) is 0 Å². The maximum Gasteiger partial charge on any atom is 0.282 e. The highest BCUT2D eigenvalue weighted by Gasteiger charge is 2.25. The maximum absolute atomic E-state index is 12.5. The van der Waals surface area contributed by atoms with E-state index < -0.39 is 10.0 Å². The molecule has 0 aromatic carbocycles. The van der Waals surface area contributed by atoms with E-state index in [9.17, 15) is 8.42 Å². The number of nitrogens with zero attached hydrogens (tertiary/aromatic N) is 3. The molecule has 3 heterocycles. The predicted molar refractivity (Wildman–Crippen MR) is 83.4 cm³/mol. The van der Waals surface area contributed by atoms with E-state index in [1.807, 2.05) is 18.4 Å². The number of hydrogen-bond acceptors (Lipinski definition) is 4. The highest BCUT2D eigenvalue weighted by atomic mass is 32.2.